The Morgan fingerprint density at radius 2 is 1.96 bits per heavy atom. The Bertz CT molecular complexity index is 781. The summed E-state index contributed by atoms with van der Waals surface area (Å²) in [4.78, 5) is 12.8. The molecule has 0 radical (unpaired) electrons. The van der Waals surface area contributed by atoms with Crippen molar-refractivity contribution in [3.63, 3.8) is 0 Å². The highest BCUT2D eigenvalue weighted by molar-refractivity contribution is 7.98. The summed E-state index contributed by atoms with van der Waals surface area (Å²) in [7, 11) is 0. The summed E-state index contributed by atoms with van der Waals surface area (Å²) in [5.74, 6) is 1.95. The van der Waals surface area contributed by atoms with Crippen LogP contribution in [0.25, 0.3) is 0 Å². The highest BCUT2D eigenvalue weighted by Gasteiger charge is 2.27. The SMILES string of the molecule is CCC(=O)Oc1cccc(SC)c1COc1ccc(CC)cc1C1CC1. The van der Waals surface area contributed by atoms with Gasteiger partial charge < -0.3 is 9.47 Å². The zero-order valence-corrected chi connectivity index (χ0v) is 16.5. The van der Waals surface area contributed by atoms with Crippen molar-refractivity contribution in [1.82, 2.24) is 0 Å². The van der Waals surface area contributed by atoms with Gasteiger partial charge in [0.2, 0.25) is 0 Å². The van der Waals surface area contributed by atoms with Crippen LogP contribution in [-0.4, -0.2) is 12.2 Å². The van der Waals surface area contributed by atoms with Gasteiger partial charge in [-0.2, -0.15) is 0 Å². The standard InChI is InChI=1S/C22H26O3S/c1-4-15-9-12-19(17(13-15)16-10-11-16)24-14-18-20(25-22(23)5-2)7-6-8-21(18)26-3/h6-9,12-13,16H,4-5,10-11,14H2,1-3H3. The van der Waals surface area contributed by atoms with Crippen LogP contribution in [-0.2, 0) is 17.8 Å². The molecule has 138 valence electrons. The number of hydrogen-bond acceptors (Lipinski definition) is 4. The molecule has 0 N–H and O–H groups in total. The molecule has 3 nitrogen and oxygen atoms in total. The van der Waals surface area contributed by atoms with Crippen LogP contribution in [0.5, 0.6) is 11.5 Å². The van der Waals surface area contributed by atoms with Crippen molar-refractivity contribution in [3.05, 3.63) is 53.1 Å². The lowest BCUT2D eigenvalue weighted by Gasteiger charge is -2.16. The van der Waals surface area contributed by atoms with Gasteiger partial charge in [0, 0.05) is 16.9 Å². The predicted molar refractivity (Wildman–Crippen MR) is 106 cm³/mol. The van der Waals surface area contributed by atoms with Gasteiger partial charge in [0.1, 0.15) is 18.1 Å². The first-order chi connectivity index (χ1) is 12.7. The lowest BCUT2D eigenvalue weighted by atomic mass is 10.0. The lowest BCUT2D eigenvalue weighted by molar-refractivity contribution is -0.134. The first-order valence-electron chi connectivity index (χ1n) is 9.28. The average molecular weight is 371 g/mol. The molecule has 26 heavy (non-hydrogen) atoms. The van der Waals surface area contributed by atoms with E-state index in [0.29, 0.717) is 24.7 Å². The lowest BCUT2D eigenvalue weighted by Crippen LogP contribution is -2.09. The van der Waals surface area contributed by atoms with Crippen LogP contribution in [0.15, 0.2) is 41.3 Å². The molecule has 0 aliphatic heterocycles. The highest BCUT2D eigenvalue weighted by Crippen LogP contribution is 2.45. The maximum Gasteiger partial charge on any atom is 0.310 e. The van der Waals surface area contributed by atoms with Gasteiger partial charge in [-0.1, -0.05) is 32.0 Å². The van der Waals surface area contributed by atoms with Crippen molar-refractivity contribution < 1.29 is 14.3 Å². The zero-order valence-electron chi connectivity index (χ0n) is 15.7. The van der Waals surface area contributed by atoms with Gasteiger partial charge in [0.25, 0.3) is 0 Å². The van der Waals surface area contributed by atoms with E-state index in [0.717, 1.165) is 22.6 Å². The number of aryl methyl sites for hydroxylation is 1. The molecular formula is C22H26O3S. The van der Waals surface area contributed by atoms with Crippen LogP contribution >= 0.6 is 11.8 Å². The number of hydrogen-bond donors (Lipinski definition) is 0. The molecule has 0 aromatic heterocycles. The van der Waals surface area contributed by atoms with Gasteiger partial charge >= 0.3 is 5.97 Å². The summed E-state index contributed by atoms with van der Waals surface area (Å²) in [6, 6.07) is 12.3. The molecule has 0 unspecified atom stereocenters. The van der Waals surface area contributed by atoms with Gasteiger partial charge in [-0.15, -0.1) is 11.8 Å². The van der Waals surface area contributed by atoms with Gasteiger partial charge in [0.05, 0.1) is 0 Å². The van der Waals surface area contributed by atoms with E-state index in [1.165, 1.54) is 24.0 Å². The Morgan fingerprint density at radius 1 is 1.15 bits per heavy atom. The third-order valence-electron chi connectivity index (χ3n) is 4.69. The summed E-state index contributed by atoms with van der Waals surface area (Å²) in [6.07, 6.45) is 5.89. The Balaban J connectivity index is 1.84. The number of ether oxygens (including phenoxy) is 2. The zero-order chi connectivity index (χ0) is 18.5. The Labute approximate surface area is 160 Å². The third kappa shape index (κ3) is 4.42. The minimum Gasteiger partial charge on any atom is -0.488 e. The smallest absolute Gasteiger partial charge is 0.310 e. The summed E-state index contributed by atoms with van der Waals surface area (Å²) in [5, 5.41) is 0. The summed E-state index contributed by atoms with van der Waals surface area (Å²) in [6.45, 7) is 4.37. The summed E-state index contributed by atoms with van der Waals surface area (Å²) >= 11 is 1.64. The largest absolute Gasteiger partial charge is 0.488 e. The van der Waals surface area contributed by atoms with Crippen LogP contribution in [0.1, 0.15) is 55.7 Å². The van der Waals surface area contributed by atoms with E-state index in [-0.39, 0.29) is 5.97 Å². The van der Waals surface area contributed by atoms with Gasteiger partial charge in [-0.05, 0) is 60.8 Å². The summed E-state index contributed by atoms with van der Waals surface area (Å²) in [5.41, 5.74) is 3.60. The van der Waals surface area contributed by atoms with Crippen molar-refractivity contribution in [3.8, 4) is 11.5 Å². The van der Waals surface area contributed by atoms with E-state index >= 15 is 0 Å². The molecule has 0 spiro atoms. The topological polar surface area (TPSA) is 35.5 Å². The first-order valence-corrected chi connectivity index (χ1v) is 10.5. The van der Waals surface area contributed by atoms with Crippen LogP contribution in [0.2, 0.25) is 0 Å². The minimum atomic E-state index is -0.226. The van der Waals surface area contributed by atoms with Gasteiger partial charge in [-0.25, -0.2) is 0 Å². The van der Waals surface area contributed by atoms with Crippen LogP contribution in [0.3, 0.4) is 0 Å². The normalized spacial score (nSPS) is 13.5. The fourth-order valence-corrected chi connectivity index (χ4v) is 3.60. The van der Waals surface area contributed by atoms with E-state index < -0.39 is 0 Å². The molecule has 0 atom stereocenters. The number of rotatable bonds is 8. The minimum absolute atomic E-state index is 0.226. The molecule has 1 fully saturated rings. The van der Waals surface area contributed by atoms with E-state index in [2.05, 4.69) is 25.1 Å². The molecule has 3 rings (SSSR count). The second kappa shape index (κ2) is 8.63. The molecule has 2 aromatic rings. The molecule has 4 heteroatoms. The molecule has 0 heterocycles. The fourth-order valence-electron chi connectivity index (χ4n) is 2.98. The summed E-state index contributed by atoms with van der Waals surface area (Å²) < 4.78 is 11.7. The van der Waals surface area contributed by atoms with Crippen LogP contribution in [0, 0.1) is 0 Å². The Morgan fingerprint density at radius 3 is 2.62 bits per heavy atom. The van der Waals surface area contributed by atoms with E-state index in [9.17, 15) is 4.79 Å². The predicted octanol–water partition coefficient (Wildman–Crippen LogP) is 5.74. The first kappa shape index (κ1) is 18.8. The maximum absolute atomic E-state index is 11.8. The third-order valence-corrected chi connectivity index (χ3v) is 5.52. The van der Waals surface area contributed by atoms with E-state index in [1.807, 2.05) is 24.5 Å². The molecule has 2 aromatic carbocycles. The number of thioether (sulfide) groups is 1. The number of esters is 1. The van der Waals surface area contributed by atoms with Gasteiger partial charge in [-0.3, -0.25) is 4.79 Å². The second-order valence-electron chi connectivity index (χ2n) is 6.55. The maximum atomic E-state index is 11.8. The monoisotopic (exact) mass is 370 g/mol. The molecular weight excluding hydrogens is 344 g/mol. The van der Waals surface area contributed by atoms with Crippen molar-refractivity contribution in [2.45, 2.75) is 57.0 Å². The molecule has 0 bridgehead atoms. The van der Waals surface area contributed by atoms with E-state index in [4.69, 9.17) is 9.47 Å². The number of benzene rings is 2. The Hall–Kier alpha value is -1.94. The molecule has 1 aliphatic rings. The average Bonchev–Trinajstić information content (AvgIpc) is 3.51. The number of carbonyl (C=O) groups is 1. The van der Waals surface area contributed by atoms with Crippen LogP contribution in [0.4, 0.5) is 0 Å². The van der Waals surface area contributed by atoms with Crippen molar-refractivity contribution in [2.75, 3.05) is 6.26 Å². The highest BCUT2D eigenvalue weighted by atomic mass is 32.2. The van der Waals surface area contributed by atoms with Crippen molar-refractivity contribution >= 4 is 17.7 Å². The van der Waals surface area contributed by atoms with E-state index in [1.54, 1.807) is 18.7 Å². The molecule has 0 saturated heterocycles. The fraction of sp³-hybridized carbons (Fsp3) is 0.409. The van der Waals surface area contributed by atoms with Crippen molar-refractivity contribution in [1.29, 1.82) is 0 Å². The quantitative estimate of drug-likeness (QED) is 0.337. The molecule has 1 saturated carbocycles. The molecule has 1 aliphatic carbocycles. The van der Waals surface area contributed by atoms with Crippen LogP contribution < -0.4 is 9.47 Å². The second-order valence-corrected chi connectivity index (χ2v) is 7.40. The van der Waals surface area contributed by atoms with Crippen molar-refractivity contribution in [2.24, 2.45) is 0 Å². The Kier molecular flexibility index (Phi) is 6.25. The number of carbonyl (C=O) groups excluding carboxylic acids is 1. The molecule has 0 amide bonds. The van der Waals surface area contributed by atoms with Gasteiger partial charge in [0.15, 0.2) is 0 Å².